The summed E-state index contributed by atoms with van der Waals surface area (Å²) in [7, 11) is 0. The fourth-order valence-corrected chi connectivity index (χ4v) is 3.51. The maximum absolute atomic E-state index is 5.95. The highest BCUT2D eigenvalue weighted by atomic mass is 16.5. The van der Waals surface area contributed by atoms with Gasteiger partial charge < -0.3 is 19.7 Å². The average molecular weight is 298 g/mol. The molecule has 2 fully saturated rings. The van der Waals surface area contributed by atoms with Gasteiger partial charge in [-0.05, 0) is 45.2 Å². The molecule has 2 aliphatic heterocycles. The zero-order valence-electron chi connectivity index (χ0n) is 14.0. The third-order valence-corrected chi connectivity index (χ3v) is 4.64. The highest BCUT2D eigenvalue weighted by Gasteiger charge is 2.29. The van der Waals surface area contributed by atoms with E-state index < -0.39 is 0 Å². The summed E-state index contributed by atoms with van der Waals surface area (Å²) in [5.41, 5.74) is 0. The Bertz CT molecular complexity index is 276. The molecule has 0 aromatic rings. The van der Waals surface area contributed by atoms with Gasteiger partial charge in [0.2, 0.25) is 0 Å². The van der Waals surface area contributed by atoms with Gasteiger partial charge in [-0.15, -0.1) is 0 Å². The van der Waals surface area contributed by atoms with Gasteiger partial charge in [0, 0.05) is 38.3 Å². The van der Waals surface area contributed by atoms with Crippen molar-refractivity contribution in [1.82, 2.24) is 10.2 Å². The van der Waals surface area contributed by atoms with Crippen molar-refractivity contribution in [2.75, 3.05) is 46.0 Å². The van der Waals surface area contributed by atoms with E-state index in [9.17, 15) is 0 Å². The van der Waals surface area contributed by atoms with Crippen molar-refractivity contribution >= 4 is 0 Å². The number of rotatable bonds is 8. The zero-order chi connectivity index (χ0) is 14.9. The molecule has 0 bridgehead atoms. The van der Waals surface area contributed by atoms with Gasteiger partial charge in [0.25, 0.3) is 0 Å². The van der Waals surface area contributed by atoms with Gasteiger partial charge in [-0.1, -0.05) is 13.8 Å². The molecule has 2 heterocycles. The third kappa shape index (κ3) is 5.85. The summed E-state index contributed by atoms with van der Waals surface area (Å²) in [4.78, 5) is 2.60. The van der Waals surface area contributed by atoms with E-state index in [1.54, 1.807) is 0 Å². The lowest BCUT2D eigenvalue weighted by Gasteiger charge is -2.39. The van der Waals surface area contributed by atoms with Crippen LogP contribution in [0, 0.1) is 5.92 Å². The Kier molecular flexibility index (Phi) is 8.01. The minimum Gasteiger partial charge on any atom is -0.381 e. The average Bonchev–Trinajstić information content (AvgIpc) is 2.52. The smallest absolute Gasteiger partial charge is 0.0702 e. The first-order chi connectivity index (χ1) is 10.3. The van der Waals surface area contributed by atoms with E-state index in [1.807, 2.05) is 0 Å². The second kappa shape index (κ2) is 9.78. The summed E-state index contributed by atoms with van der Waals surface area (Å²) in [5.74, 6) is 0.634. The van der Waals surface area contributed by atoms with Crippen LogP contribution in [-0.2, 0) is 9.47 Å². The Morgan fingerprint density at radius 2 is 2.14 bits per heavy atom. The van der Waals surface area contributed by atoms with Crippen LogP contribution in [0.1, 0.15) is 46.0 Å². The van der Waals surface area contributed by atoms with E-state index in [0.717, 1.165) is 52.3 Å². The molecule has 2 rings (SSSR count). The van der Waals surface area contributed by atoms with E-state index in [1.165, 1.54) is 25.8 Å². The normalized spacial score (nSPS) is 31.4. The first-order valence-electron chi connectivity index (χ1n) is 8.98. The highest BCUT2D eigenvalue weighted by Crippen LogP contribution is 2.20. The molecule has 0 aromatic carbocycles. The fourth-order valence-electron chi connectivity index (χ4n) is 3.51. The second-order valence-corrected chi connectivity index (χ2v) is 6.58. The van der Waals surface area contributed by atoms with Crippen LogP contribution in [0.2, 0.25) is 0 Å². The number of nitrogens with one attached hydrogen (secondary N) is 1. The molecular weight excluding hydrogens is 264 g/mol. The molecule has 3 atom stereocenters. The predicted molar refractivity (Wildman–Crippen MR) is 86.7 cm³/mol. The van der Waals surface area contributed by atoms with Crippen LogP contribution in [0.15, 0.2) is 0 Å². The lowest BCUT2D eigenvalue weighted by Crippen LogP contribution is -2.50. The first-order valence-corrected chi connectivity index (χ1v) is 8.98. The van der Waals surface area contributed by atoms with Gasteiger partial charge >= 0.3 is 0 Å². The Morgan fingerprint density at radius 3 is 2.95 bits per heavy atom. The minimum absolute atomic E-state index is 0.449. The van der Waals surface area contributed by atoms with Gasteiger partial charge in [0.1, 0.15) is 0 Å². The quantitative estimate of drug-likeness (QED) is 0.745. The number of hydrogen-bond donors (Lipinski definition) is 1. The molecule has 2 aliphatic rings. The van der Waals surface area contributed by atoms with Crippen molar-refractivity contribution in [2.24, 2.45) is 5.92 Å². The number of likely N-dealkylation sites (tertiary alicyclic amines) is 1. The van der Waals surface area contributed by atoms with E-state index in [2.05, 4.69) is 24.1 Å². The molecule has 0 aliphatic carbocycles. The van der Waals surface area contributed by atoms with Crippen molar-refractivity contribution < 1.29 is 9.47 Å². The molecule has 4 heteroatoms. The summed E-state index contributed by atoms with van der Waals surface area (Å²) >= 11 is 0. The van der Waals surface area contributed by atoms with Crippen LogP contribution in [0.5, 0.6) is 0 Å². The van der Waals surface area contributed by atoms with Crippen LogP contribution in [0.4, 0.5) is 0 Å². The van der Waals surface area contributed by atoms with Gasteiger partial charge in [0.05, 0.1) is 12.7 Å². The van der Waals surface area contributed by atoms with Crippen LogP contribution in [-0.4, -0.2) is 63.0 Å². The van der Waals surface area contributed by atoms with Gasteiger partial charge in [0.15, 0.2) is 0 Å². The number of ether oxygens (including phenoxy) is 2. The van der Waals surface area contributed by atoms with E-state index in [4.69, 9.17) is 9.47 Å². The van der Waals surface area contributed by atoms with Crippen molar-refractivity contribution in [3.63, 3.8) is 0 Å². The van der Waals surface area contributed by atoms with E-state index in [-0.39, 0.29) is 0 Å². The third-order valence-electron chi connectivity index (χ3n) is 4.64. The molecule has 1 N–H and O–H groups in total. The number of hydrogen-bond acceptors (Lipinski definition) is 4. The standard InChI is InChI=1S/C17H34N2O2/c1-3-8-18-17-7-11-20-14-15(17)12-19-9-5-6-16(13-19)21-10-4-2/h15-18H,3-14H2,1-2H3. The monoisotopic (exact) mass is 298 g/mol. The van der Waals surface area contributed by atoms with E-state index in [0.29, 0.717) is 18.1 Å². The SMILES string of the molecule is CCCNC1CCOCC1CN1CCCC(OCCC)C1. The number of piperidine rings is 1. The predicted octanol–water partition coefficient (Wildman–Crippen LogP) is 2.28. The van der Waals surface area contributed by atoms with Crippen molar-refractivity contribution in [3.8, 4) is 0 Å². The molecule has 3 unspecified atom stereocenters. The largest absolute Gasteiger partial charge is 0.381 e. The summed E-state index contributed by atoms with van der Waals surface area (Å²) < 4.78 is 11.7. The summed E-state index contributed by atoms with van der Waals surface area (Å²) in [6.45, 7) is 11.8. The maximum atomic E-state index is 5.95. The number of nitrogens with zero attached hydrogens (tertiary/aromatic N) is 1. The van der Waals surface area contributed by atoms with Crippen LogP contribution in [0.25, 0.3) is 0 Å². The first kappa shape index (κ1) is 17.2. The lowest BCUT2D eigenvalue weighted by atomic mass is 9.94. The van der Waals surface area contributed by atoms with Crippen molar-refractivity contribution in [2.45, 2.75) is 58.1 Å². The minimum atomic E-state index is 0.449. The van der Waals surface area contributed by atoms with E-state index >= 15 is 0 Å². The van der Waals surface area contributed by atoms with Gasteiger partial charge in [-0.25, -0.2) is 0 Å². The van der Waals surface area contributed by atoms with Crippen LogP contribution >= 0.6 is 0 Å². The molecule has 0 amide bonds. The topological polar surface area (TPSA) is 33.7 Å². The summed E-state index contributed by atoms with van der Waals surface area (Å²) in [5, 5.41) is 3.72. The Labute approximate surface area is 130 Å². The van der Waals surface area contributed by atoms with Gasteiger partial charge in [-0.3, -0.25) is 0 Å². The molecule has 0 aromatic heterocycles. The fraction of sp³-hybridized carbons (Fsp3) is 1.00. The van der Waals surface area contributed by atoms with Crippen molar-refractivity contribution in [3.05, 3.63) is 0 Å². The maximum Gasteiger partial charge on any atom is 0.0702 e. The lowest BCUT2D eigenvalue weighted by molar-refractivity contribution is -0.0234. The Balaban J connectivity index is 1.77. The summed E-state index contributed by atoms with van der Waals surface area (Å²) in [6.07, 6.45) is 6.44. The Hall–Kier alpha value is -0.160. The summed E-state index contributed by atoms with van der Waals surface area (Å²) in [6, 6.07) is 0.635. The molecule has 0 saturated carbocycles. The highest BCUT2D eigenvalue weighted by molar-refractivity contribution is 4.84. The molecule has 0 spiro atoms. The Morgan fingerprint density at radius 1 is 1.24 bits per heavy atom. The second-order valence-electron chi connectivity index (χ2n) is 6.58. The molecular formula is C17H34N2O2. The molecule has 4 nitrogen and oxygen atoms in total. The van der Waals surface area contributed by atoms with Crippen LogP contribution < -0.4 is 5.32 Å². The zero-order valence-corrected chi connectivity index (χ0v) is 14.0. The van der Waals surface area contributed by atoms with Crippen molar-refractivity contribution in [1.29, 1.82) is 0 Å². The van der Waals surface area contributed by atoms with Crippen LogP contribution in [0.3, 0.4) is 0 Å². The molecule has 0 radical (unpaired) electrons. The van der Waals surface area contributed by atoms with Gasteiger partial charge in [-0.2, -0.15) is 0 Å². The molecule has 2 saturated heterocycles. The molecule has 21 heavy (non-hydrogen) atoms. The molecule has 124 valence electrons.